The maximum Gasteiger partial charge on any atom is 0.407 e. The maximum absolute atomic E-state index is 12.0. The number of nitrogens with one attached hydrogen (secondary N) is 1. The van der Waals surface area contributed by atoms with Crippen LogP contribution in [0, 0.1) is 0 Å². The molecule has 1 amide bonds. The summed E-state index contributed by atoms with van der Waals surface area (Å²) in [7, 11) is 0. The number of hydrogen-bond donors (Lipinski definition) is 2. The van der Waals surface area contributed by atoms with E-state index in [4.69, 9.17) is 14.2 Å². The molecule has 0 bridgehead atoms. The molecule has 0 aromatic heterocycles. The number of alkyl carbamates (subject to hydrolysis) is 1. The quantitative estimate of drug-likeness (QED) is 0.167. The molecule has 3 atom stereocenters. The van der Waals surface area contributed by atoms with Crippen LogP contribution in [0.15, 0.2) is 116 Å². The molecule has 2 N–H and O–H groups in total. The Hall–Kier alpha value is -4.31. The van der Waals surface area contributed by atoms with Crippen LogP contribution in [0.2, 0.25) is 0 Å². The van der Waals surface area contributed by atoms with Gasteiger partial charge in [0.2, 0.25) is 0 Å². The van der Waals surface area contributed by atoms with Crippen LogP contribution in [-0.2, 0) is 33.9 Å². The van der Waals surface area contributed by atoms with Crippen LogP contribution in [0.4, 0.5) is 4.79 Å². The molecule has 48 heavy (non-hydrogen) atoms. The predicted octanol–water partition coefficient (Wildman–Crippen LogP) is 6.62. The van der Waals surface area contributed by atoms with Gasteiger partial charge in [0.15, 0.2) is 6.29 Å². The second kappa shape index (κ2) is 16.7. The van der Waals surface area contributed by atoms with E-state index in [1.54, 1.807) is 6.08 Å². The fourth-order valence-corrected chi connectivity index (χ4v) is 6.42. The van der Waals surface area contributed by atoms with Gasteiger partial charge in [0.25, 0.3) is 0 Å². The van der Waals surface area contributed by atoms with E-state index in [-0.39, 0.29) is 25.4 Å². The van der Waals surface area contributed by atoms with E-state index in [9.17, 15) is 9.90 Å². The zero-order chi connectivity index (χ0) is 33.1. The molecule has 8 nitrogen and oxygen atoms in total. The largest absolute Gasteiger partial charge is 0.445 e. The van der Waals surface area contributed by atoms with Crippen molar-refractivity contribution in [2.75, 3.05) is 39.3 Å². The number of aliphatic hydroxyl groups is 1. The van der Waals surface area contributed by atoms with Gasteiger partial charge in [-0.05, 0) is 33.4 Å². The topological polar surface area (TPSA) is 83.5 Å². The summed E-state index contributed by atoms with van der Waals surface area (Å²) < 4.78 is 18.4. The first-order valence-corrected chi connectivity index (χ1v) is 16.8. The molecule has 6 rings (SSSR count). The molecule has 0 spiro atoms. The van der Waals surface area contributed by atoms with Gasteiger partial charge in [0, 0.05) is 57.8 Å². The maximum atomic E-state index is 12.0. The van der Waals surface area contributed by atoms with Gasteiger partial charge in [-0.2, -0.15) is 0 Å². The lowest BCUT2D eigenvalue weighted by Gasteiger charge is -2.40. The van der Waals surface area contributed by atoms with Gasteiger partial charge < -0.3 is 24.6 Å². The van der Waals surface area contributed by atoms with E-state index in [1.165, 1.54) is 5.56 Å². The van der Waals surface area contributed by atoms with Gasteiger partial charge >= 0.3 is 6.09 Å². The average Bonchev–Trinajstić information content (AvgIpc) is 3.14. The lowest BCUT2D eigenvalue weighted by molar-refractivity contribution is -0.253. The summed E-state index contributed by atoms with van der Waals surface area (Å²) in [6, 6.07) is 35.0. The Morgan fingerprint density at radius 3 is 2.25 bits per heavy atom. The highest BCUT2D eigenvalue weighted by atomic mass is 16.7. The van der Waals surface area contributed by atoms with Crippen molar-refractivity contribution >= 4 is 6.09 Å². The number of aliphatic hydroxyl groups excluding tert-OH is 1. The zero-order valence-electron chi connectivity index (χ0n) is 27.4. The number of nitrogens with zero attached hydrogens (tertiary/aromatic N) is 2. The first-order chi connectivity index (χ1) is 23.6. The fourth-order valence-electron chi connectivity index (χ4n) is 6.42. The Morgan fingerprint density at radius 1 is 0.833 bits per heavy atom. The van der Waals surface area contributed by atoms with Gasteiger partial charge in [-0.25, -0.2) is 4.79 Å². The summed E-state index contributed by atoms with van der Waals surface area (Å²) in [5.41, 5.74) is 7.33. The molecule has 0 radical (unpaired) electrons. The Bertz CT molecular complexity index is 1600. The number of rotatable bonds is 12. The summed E-state index contributed by atoms with van der Waals surface area (Å²) in [5, 5.41) is 12.4. The number of hydrogen-bond acceptors (Lipinski definition) is 7. The monoisotopic (exact) mass is 647 g/mol. The normalized spacial score (nSPS) is 20.2. The summed E-state index contributed by atoms with van der Waals surface area (Å²) in [6.45, 7) is 10.0. The number of ether oxygens (including phenoxy) is 3. The van der Waals surface area contributed by atoms with Gasteiger partial charge in [-0.1, -0.05) is 116 Å². The van der Waals surface area contributed by atoms with Crippen molar-refractivity contribution in [2.24, 2.45) is 0 Å². The Kier molecular flexibility index (Phi) is 11.7. The molecule has 4 aromatic rings. The van der Waals surface area contributed by atoms with Gasteiger partial charge in [0.05, 0.1) is 18.8 Å². The van der Waals surface area contributed by atoms with Gasteiger partial charge in [-0.15, -0.1) is 0 Å². The molecule has 0 unspecified atom stereocenters. The number of benzene rings is 4. The second-order valence-electron chi connectivity index (χ2n) is 12.4. The van der Waals surface area contributed by atoms with E-state index in [0.717, 1.165) is 79.1 Å². The molecule has 4 aromatic carbocycles. The summed E-state index contributed by atoms with van der Waals surface area (Å²) in [6.07, 6.45) is 1.17. The molecule has 250 valence electrons. The molecule has 0 aliphatic carbocycles. The molecular formula is C40H45N3O5. The van der Waals surface area contributed by atoms with Crippen molar-refractivity contribution in [3.05, 3.63) is 144 Å². The average molecular weight is 648 g/mol. The van der Waals surface area contributed by atoms with Crippen molar-refractivity contribution < 1.29 is 24.1 Å². The van der Waals surface area contributed by atoms with E-state index >= 15 is 0 Å². The summed E-state index contributed by atoms with van der Waals surface area (Å²) in [5.74, 6) is 0. The van der Waals surface area contributed by atoms with Crippen molar-refractivity contribution in [3.8, 4) is 11.1 Å². The molecular weight excluding hydrogens is 602 g/mol. The van der Waals surface area contributed by atoms with Crippen LogP contribution >= 0.6 is 0 Å². The molecule has 0 saturated carbocycles. The van der Waals surface area contributed by atoms with Crippen molar-refractivity contribution in [3.63, 3.8) is 0 Å². The first kappa shape index (κ1) is 33.6. The zero-order valence-corrected chi connectivity index (χ0v) is 27.4. The van der Waals surface area contributed by atoms with Crippen molar-refractivity contribution in [1.82, 2.24) is 15.1 Å². The molecule has 2 saturated heterocycles. The van der Waals surface area contributed by atoms with Crippen LogP contribution in [-0.4, -0.2) is 66.4 Å². The minimum atomic E-state index is -0.517. The van der Waals surface area contributed by atoms with Gasteiger partial charge in [-0.3, -0.25) is 9.80 Å². The fraction of sp³-hybridized carbons (Fsp3) is 0.325. The Balaban J connectivity index is 1.14. The number of piperazine rings is 1. The highest BCUT2D eigenvalue weighted by Crippen LogP contribution is 2.39. The first-order valence-electron chi connectivity index (χ1n) is 16.8. The lowest BCUT2D eigenvalue weighted by Crippen LogP contribution is -2.49. The molecule has 8 heteroatoms. The van der Waals surface area contributed by atoms with Crippen LogP contribution in [0.25, 0.3) is 11.1 Å². The van der Waals surface area contributed by atoms with E-state index < -0.39 is 12.4 Å². The molecule has 2 heterocycles. The van der Waals surface area contributed by atoms with Crippen LogP contribution in [0.5, 0.6) is 0 Å². The summed E-state index contributed by atoms with van der Waals surface area (Å²) in [4.78, 5) is 17.1. The minimum Gasteiger partial charge on any atom is -0.445 e. The second-order valence-corrected chi connectivity index (χ2v) is 12.4. The third kappa shape index (κ3) is 8.98. The third-order valence-electron chi connectivity index (χ3n) is 9.06. The van der Waals surface area contributed by atoms with E-state index in [1.807, 2.05) is 30.3 Å². The number of amides is 1. The molecule has 2 aliphatic heterocycles. The number of carbonyl (C=O) groups excluding carboxylic acids is 1. The SMILES string of the molecule is C=CCOC(=O)NCc1ccccc1-c1ccc([C@H]2O[C@@H](CN3CCN(Cc4ccccc4)CC3)C[C@@H](c3ccc(CO)cc3)O2)cc1. The highest BCUT2D eigenvalue weighted by molar-refractivity contribution is 5.70. The molecule has 2 fully saturated rings. The van der Waals surface area contributed by atoms with Gasteiger partial charge in [0.1, 0.15) is 6.61 Å². The highest BCUT2D eigenvalue weighted by Gasteiger charge is 2.34. The van der Waals surface area contributed by atoms with Crippen LogP contribution in [0.1, 0.15) is 46.6 Å². The van der Waals surface area contributed by atoms with E-state index in [0.29, 0.717) is 6.54 Å². The standard InChI is InChI=1S/C40H45N3O5/c1-2-24-46-40(45)41-26-35-10-6-7-11-37(35)32-16-18-34(19-17-32)39-47-36(25-38(48-39)33-14-12-31(29-44)13-15-33)28-43-22-20-42(21-23-43)27-30-8-4-3-5-9-30/h2-19,36,38-39,44H,1,20-29H2,(H,41,45)/t36-,38+,39+/m1/s1. The van der Waals surface area contributed by atoms with Crippen LogP contribution in [0.3, 0.4) is 0 Å². The molecule has 2 aliphatic rings. The van der Waals surface area contributed by atoms with Crippen LogP contribution < -0.4 is 5.32 Å². The number of carbonyl (C=O) groups is 1. The Labute approximate surface area is 283 Å². The predicted molar refractivity (Wildman–Crippen MR) is 187 cm³/mol. The van der Waals surface area contributed by atoms with Crippen molar-refractivity contribution in [2.45, 2.75) is 44.6 Å². The smallest absolute Gasteiger partial charge is 0.407 e. The third-order valence-corrected chi connectivity index (χ3v) is 9.06. The van der Waals surface area contributed by atoms with E-state index in [2.05, 4.69) is 94.5 Å². The Morgan fingerprint density at radius 2 is 1.52 bits per heavy atom. The minimum absolute atomic E-state index is 0.000681. The lowest BCUT2D eigenvalue weighted by atomic mass is 9.97. The summed E-state index contributed by atoms with van der Waals surface area (Å²) >= 11 is 0. The van der Waals surface area contributed by atoms with Crippen molar-refractivity contribution in [1.29, 1.82) is 0 Å².